The Balaban J connectivity index is 1.85. The molecule has 0 saturated carbocycles. The van der Waals surface area contributed by atoms with Crippen LogP contribution in [0.1, 0.15) is 12.5 Å². The number of urea groups is 1. The molecule has 0 aromatic heterocycles. The number of benzene rings is 1. The number of piperazine rings is 1. The van der Waals surface area contributed by atoms with E-state index >= 15 is 0 Å². The molecular formula is C14H19F2N3O. The minimum absolute atomic E-state index is 0.00355. The van der Waals surface area contributed by atoms with E-state index in [1.807, 2.05) is 0 Å². The van der Waals surface area contributed by atoms with Gasteiger partial charge in [-0.15, -0.1) is 0 Å². The van der Waals surface area contributed by atoms with E-state index in [9.17, 15) is 13.6 Å². The van der Waals surface area contributed by atoms with Gasteiger partial charge in [0, 0.05) is 38.3 Å². The van der Waals surface area contributed by atoms with Crippen molar-refractivity contribution in [2.24, 2.45) is 0 Å². The first-order chi connectivity index (χ1) is 9.60. The molecular weight excluding hydrogens is 264 g/mol. The lowest BCUT2D eigenvalue weighted by atomic mass is 10.2. The first-order valence-electron chi connectivity index (χ1n) is 6.79. The Labute approximate surface area is 117 Å². The third-order valence-corrected chi connectivity index (χ3v) is 3.54. The first kappa shape index (κ1) is 14.7. The second-order valence-corrected chi connectivity index (χ2v) is 4.82. The number of nitrogens with zero attached hydrogens (tertiary/aromatic N) is 2. The zero-order chi connectivity index (χ0) is 14.5. The summed E-state index contributed by atoms with van der Waals surface area (Å²) in [5, 5.41) is 2.63. The molecule has 0 atom stereocenters. The summed E-state index contributed by atoms with van der Waals surface area (Å²) in [6, 6.07) is 3.00. The van der Waals surface area contributed by atoms with Crippen molar-refractivity contribution >= 4 is 6.03 Å². The van der Waals surface area contributed by atoms with Crippen LogP contribution in [0.5, 0.6) is 0 Å². The topological polar surface area (TPSA) is 35.6 Å². The second-order valence-electron chi connectivity index (χ2n) is 4.82. The number of carbonyl (C=O) groups is 1. The quantitative estimate of drug-likeness (QED) is 0.918. The van der Waals surface area contributed by atoms with Gasteiger partial charge in [0.2, 0.25) is 0 Å². The summed E-state index contributed by atoms with van der Waals surface area (Å²) in [5.74, 6) is -1.02. The maximum atomic E-state index is 13.4. The SMILES string of the molecule is CCN1CCN(C(=O)NCc2cc(F)ccc2F)CC1. The lowest BCUT2D eigenvalue weighted by Crippen LogP contribution is -2.51. The molecule has 1 heterocycles. The third-order valence-electron chi connectivity index (χ3n) is 3.54. The normalized spacial score (nSPS) is 16.2. The molecule has 1 aliphatic heterocycles. The van der Waals surface area contributed by atoms with Crippen molar-refractivity contribution in [2.45, 2.75) is 13.5 Å². The molecule has 4 nitrogen and oxygen atoms in total. The van der Waals surface area contributed by atoms with E-state index in [1.54, 1.807) is 4.90 Å². The van der Waals surface area contributed by atoms with Crippen LogP contribution in [0.2, 0.25) is 0 Å². The number of amides is 2. The van der Waals surface area contributed by atoms with Crippen LogP contribution >= 0.6 is 0 Å². The zero-order valence-corrected chi connectivity index (χ0v) is 11.5. The summed E-state index contributed by atoms with van der Waals surface area (Å²) in [6.07, 6.45) is 0. The number of hydrogen-bond acceptors (Lipinski definition) is 2. The number of hydrogen-bond donors (Lipinski definition) is 1. The van der Waals surface area contributed by atoms with Crippen LogP contribution in [0.4, 0.5) is 13.6 Å². The Kier molecular flexibility index (Phi) is 4.89. The number of likely N-dealkylation sites (N-methyl/N-ethyl adjacent to an activating group) is 1. The monoisotopic (exact) mass is 283 g/mol. The second kappa shape index (κ2) is 6.65. The van der Waals surface area contributed by atoms with Gasteiger partial charge in [-0.25, -0.2) is 13.6 Å². The zero-order valence-electron chi connectivity index (χ0n) is 11.5. The smallest absolute Gasteiger partial charge is 0.317 e. The highest BCUT2D eigenvalue weighted by Gasteiger charge is 2.19. The minimum atomic E-state index is -0.512. The van der Waals surface area contributed by atoms with Crippen LogP contribution in [0.15, 0.2) is 18.2 Å². The summed E-state index contributed by atoms with van der Waals surface area (Å²) in [6.45, 7) is 6.07. The highest BCUT2D eigenvalue weighted by molar-refractivity contribution is 5.74. The lowest BCUT2D eigenvalue weighted by molar-refractivity contribution is 0.142. The van der Waals surface area contributed by atoms with Crippen molar-refractivity contribution in [1.82, 2.24) is 15.1 Å². The number of carbonyl (C=O) groups excluding carboxylic acids is 1. The molecule has 20 heavy (non-hydrogen) atoms. The lowest BCUT2D eigenvalue weighted by Gasteiger charge is -2.34. The van der Waals surface area contributed by atoms with Crippen molar-refractivity contribution in [2.75, 3.05) is 32.7 Å². The highest BCUT2D eigenvalue weighted by atomic mass is 19.1. The molecule has 1 aliphatic rings. The molecule has 1 saturated heterocycles. The van der Waals surface area contributed by atoms with Gasteiger partial charge in [0.05, 0.1) is 0 Å². The van der Waals surface area contributed by atoms with Gasteiger partial charge in [0.15, 0.2) is 0 Å². The van der Waals surface area contributed by atoms with Crippen LogP contribution in [0.3, 0.4) is 0 Å². The fraction of sp³-hybridized carbons (Fsp3) is 0.500. The summed E-state index contributed by atoms with van der Waals surface area (Å²) >= 11 is 0. The van der Waals surface area contributed by atoms with Crippen LogP contribution in [-0.4, -0.2) is 48.6 Å². The largest absolute Gasteiger partial charge is 0.334 e. The molecule has 0 radical (unpaired) electrons. The van der Waals surface area contributed by atoms with Crippen LogP contribution in [0, 0.1) is 11.6 Å². The highest BCUT2D eigenvalue weighted by Crippen LogP contribution is 2.09. The molecule has 0 aliphatic carbocycles. The molecule has 1 aromatic rings. The van der Waals surface area contributed by atoms with E-state index in [0.717, 1.165) is 37.8 Å². The van der Waals surface area contributed by atoms with E-state index < -0.39 is 11.6 Å². The van der Waals surface area contributed by atoms with Crippen molar-refractivity contribution in [3.05, 3.63) is 35.4 Å². The van der Waals surface area contributed by atoms with Crippen molar-refractivity contribution in [3.63, 3.8) is 0 Å². The Hall–Kier alpha value is -1.69. The molecule has 110 valence electrons. The number of nitrogens with one attached hydrogen (secondary N) is 1. The molecule has 1 fully saturated rings. The number of halogens is 2. The maximum absolute atomic E-state index is 13.4. The van der Waals surface area contributed by atoms with E-state index in [1.165, 1.54) is 0 Å². The van der Waals surface area contributed by atoms with Gasteiger partial charge in [0.1, 0.15) is 11.6 Å². The van der Waals surface area contributed by atoms with Gasteiger partial charge < -0.3 is 15.1 Å². The van der Waals surface area contributed by atoms with Crippen LogP contribution in [-0.2, 0) is 6.54 Å². The third kappa shape index (κ3) is 3.66. The summed E-state index contributed by atoms with van der Waals surface area (Å²) < 4.78 is 26.4. The van der Waals surface area contributed by atoms with Gasteiger partial charge in [-0.3, -0.25) is 0 Å². The summed E-state index contributed by atoms with van der Waals surface area (Å²) in [4.78, 5) is 15.9. The first-order valence-corrected chi connectivity index (χ1v) is 6.79. The standard InChI is InChI=1S/C14H19F2N3O/c1-2-18-5-7-19(8-6-18)14(20)17-10-11-9-12(15)3-4-13(11)16/h3-4,9H,2,5-8,10H2,1H3,(H,17,20). The van der Waals surface area contributed by atoms with Crippen molar-refractivity contribution < 1.29 is 13.6 Å². The molecule has 2 amide bonds. The van der Waals surface area contributed by atoms with Crippen molar-refractivity contribution in [1.29, 1.82) is 0 Å². The van der Waals surface area contributed by atoms with Crippen LogP contribution < -0.4 is 5.32 Å². The average molecular weight is 283 g/mol. The molecule has 0 bridgehead atoms. The number of rotatable bonds is 3. The van der Waals surface area contributed by atoms with E-state index in [-0.39, 0.29) is 18.1 Å². The Morgan fingerprint density at radius 2 is 1.95 bits per heavy atom. The summed E-state index contributed by atoms with van der Waals surface area (Å²) in [5.41, 5.74) is 0.158. The minimum Gasteiger partial charge on any atom is -0.334 e. The predicted molar refractivity (Wildman–Crippen MR) is 72.3 cm³/mol. The van der Waals surface area contributed by atoms with Gasteiger partial charge in [-0.05, 0) is 24.7 Å². The van der Waals surface area contributed by atoms with E-state index in [2.05, 4.69) is 17.1 Å². The van der Waals surface area contributed by atoms with Gasteiger partial charge in [0.25, 0.3) is 0 Å². The Bertz CT molecular complexity index is 473. The maximum Gasteiger partial charge on any atom is 0.317 e. The predicted octanol–water partition coefficient (Wildman–Crippen LogP) is 1.81. The molecule has 6 heteroatoms. The van der Waals surface area contributed by atoms with Gasteiger partial charge >= 0.3 is 6.03 Å². The molecule has 0 spiro atoms. The van der Waals surface area contributed by atoms with E-state index in [4.69, 9.17) is 0 Å². The molecule has 1 aromatic carbocycles. The van der Waals surface area contributed by atoms with E-state index in [0.29, 0.717) is 13.1 Å². The molecule has 0 unspecified atom stereocenters. The fourth-order valence-electron chi connectivity index (χ4n) is 2.23. The van der Waals surface area contributed by atoms with Gasteiger partial charge in [-0.1, -0.05) is 6.92 Å². The molecule has 2 rings (SSSR count). The average Bonchev–Trinajstić information content (AvgIpc) is 2.48. The van der Waals surface area contributed by atoms with Crippen LogP contribution in [0.25, 0.3) is 0 Å². The fourth-order valence-corrected chi connectivity index (χ4v) is 2.23. The van der Waals surface area contributed by atoms with Crippen molar-refractivity contribution in [3.8, 4) is 0 Å². The molecule has 1 N–H and O–H groups in total. The summed E-state index contributed by atoms with van der Waals surface area (Å²) in [7, 11) is 0. The van der Waals surface area contributed by atoms with Gasteiger partial charge in [-0.2, -0.15) is 0 Å². The Morgan fingerprint density at radius 1 is 1.25 bits per heavy atom. The Morgan fingerprint density at radius 3 is 2.60 bits per heavy atom.